The van der Waals surface area contributed by atoms with Gasteiger partial charge in [-0.3, -0.25) is 15.1 Å². The number of nitrogens with one attached hydrogen (secondary N) is 1. The monoisotopic (exact) mass is 353 g/mol. The van der Waals surface area contributed by atoms with Crippen molar-refractivity contribution in [2.45, 2.75) is 19.8 Å². The number of ether oxygens (including phenoxy) is 1. The van der Waals surface area contributed by atoms with Crippen LogP contribution >= 0.6 is 11.3 Å². The lowest BCUT2D eigenvalue weighted by atomic mass is 10.2. The number of carbonyl (C=O) groups is 1. The third-order valence-electron chi connectivity index (χ3n) is 3.57. The van der Waals surface area contributed by atoms with Crippen molar-refractivity contribution in [2.24, 2.45) is 0 Å². The second-order valence-electron chi connectivity index (χ2n) is 5.46. The van der Waals surface area contributed by atoms with E-state index < -0.39 is 0 Å². The largest absolute Gasteiger partial charge is 0.494 e. The maximum absolute atomic E-state index is 12.3. The highest BCUT2D eigenvalue weighted by Gasteiger charge is 2.10. The number of anilines is 1. The lowest BCUT2D eigenvalue weighted by molar-refractivity contribution is 0.102. The van der Waals surface area contributed by atoms with Gasteiger partial charge < -0.3 is 4.74 Å². The van der Waals surface area contributed by atoms with Crippen molar-refractivity contribution in [2.75, 3.05) is 11.9 Å². The van der Waals surface area contributed by atoms with Crippen LogP contribution in [0.1, 0.15) is 30.1 Å². The topological polar surface area (TPSA) is 64.1 Å². The van der Waals surface area contributed by atoms with E-state index in [9.17, 15) is 4.79 Å². The number of aromatic nitrogens is 2. The van der Waals surface area contributed by atoms with Crippen LogP contribution in [0.5, 0.6) is 5.75 Å². The van der Waals surface area contributed by atoms with Crippen LogP contribution in [-0.4, -0.2) is 22.5 Å². The van der Waals surface area contributed by atoms with Crippen molar-refractivity contribution in [3.8, 4) is 17.0 Å². The predicted octanol–water partition coefficient (Wildman–Crippen LogP) is 4.64. The summed E-state index contributed by atoms with van der Waals surface area (Å²) >= 11 is 1.39. The molecule has 1 N–H and O–H groups in total. The number of benzene rings is 1. The number of unbranched alkanes of at least 4 members (excludes halogenated alkanes) is 1. The first-order valence-corrected chi connectivity index (χ1v) is 9.04. The summed E-state index contributed by atoms with van der Waals surface area (Å²) in [5.41, 5.74) is 2.29. The second-order valence-corrected chi connectivity index (χ2v) is 6.32. The van der Waals surface area contributed by atoms with E-state index in [-0.39, 0.29) is 5.91 Å². The summed E-state index contributed by atoms with van der Waals surface area (Å²) < 4.78 is 5.60. The molecule has 0 unspecified atom stereocenters. The molecule has 2 heterocycles. The summed E-state index contributed by atoms with van der Waals surface area (Å²) in [5, 5.41) is 5.29. The number of thiazole rings is 1. The molecular weight excluding hydrogens is 334 g/mol. The van der Waals surface area contributed by atoms with Crippen LogP contribution in [0.4, 0.5) is 5.13 Å². The van der Waals surface area contributed by atoms with Crippen molar-refractivity contribution < 1.29 is 9.53 Å². The molecule has 0 atom stereocenters. The number of nitrogens with zero attached hydrogens (tertiary/aromatic N) is 2. The van der Waals surface area contributed by atoms with Gasteiger partial charge >= 0.3 is 0 Å². The first kappa shape index (κ1) is 17.1. The molecule has 0 aliphatic heterocycles. The quantitative estimate of drug-likeness (QED) is 0.629. The van der Waals surface area contributed by atoms with Crippen molar-refractivity contribution in [3.63, 3.8) is 0 Å². The fourth-order valence-corrected chi connectivity index (χ4v) is 2.90. The minimum Gasteiger partial charge on any atom is -0.494 e. The van der Waals surface area contributed by atoms with Gasteiger partial charge in [0.05, 0.1) is 12.3 Å². The average molecular weight is 353 g/mol. The summed E-state index contributed by atoms with van der Waals surface area (Å²) in [6, 6.07) is 10.9. The first-order valence-electron chi connectivity index (χ1n) is 8.16. The van der Waals surface area contributed by atoms with Gasteiger partial charge in [-0.05, 0) is 42.8 Å². The molecule has 0 bridgehead atoms. The zero-order chi connectivity index (χ0) is 17.5. The zero-order valence-electron chi connectivity index (χ0n) is 13.9. The van der Waals surface area contributed by atoms with E-state index in [0.29, 0.717) is 17.3 Å². The van der Waals surface area contributed by atoms with E-state index in [4.69, 9.17) is 4.74 Å². The van der Waals surface area contributed by atoms with Gasteiger partial charge in [0.1, 0.15) is 5.75 Å². The highest BCUT2D eigenvalue weighted by atomic mass is 32.1. The van der Waals surface area contributed by atoms with Gasteiger partial charge in [0.2, 0.25) is 0 Å². The van der Waals surface area contributed by atoms with Crippen LogP contribution in [0.3, 0.4) is 0 Å². The minimum atomic E-state index is -0.188. The Bertz CT molecular complexity index is 816. The molecule has 0 radical (unpaired) electrons. The van der Waals surface area contributed by atoms with Gasteiger partial charge in [-0.15, -0.1) is 11.3 Å². The molecule has 128 valence electrons. The molecule has 0 fully saturated rings. The van der Waals surface area contributed by atoms with Crippen LogP contribution in [0.25, 0.3) is 11.3 Å². The third kappa shape index (κ3) is 4.64. The fraction of sp³-hybridized carbons (Fsp3) is 0.211. The standard InChI is InChI=1S/C19H19N3O2S/c1-2-3-11-24-16-8-6-14(7-9-16)18(23)22-19-21-17(13-25-19)15-5-4-10-20-12-15/h4-10,12-13H,2-3,11H2,1H3,(H,21,22,23). The molecule has 2 aromatic heterocycles. The van der Waals surface area contributed by atoms with Crippen LogP contribution in [-0.2, 0) is 0 Å². The van der Waals surface area contributed by atoms with E-state index in [0.717, 1.165) is 29.8 Å². The van der Waals surface area contributed by atoms with E-state index in [1.165, 1.54) is 11.3 Å². The fourth-order valence-electron chi connectivity index (χ4n) is 2.18. The summed E-state index contributed by atoms with van der Waals surface area (Å²) in [6.07, 6.45) is 5.58. The van der Waals surface area contributed by atoms with E-state index in [1.807, 2.05) is 29.6 Å². The Hall–Kier alpha value is -2.73. The third-order valence-corrected chi connectivity index (χ3v) is 4.32. The molecule has 0 saturated carbocycles. The van der Waals surface area contributed by atoms with Gasteiger partial charge in [-0.2, -0.15) is 0 Å². The molecule has 0 spiro atoms. The molecule has 0 aliphatic carbocycles. The molecule has 6 heteroatoms. The molecule has 5 nitrogen and oxygen atoms in total. The summed E-state index contributed by atoms with van der Waals surface area (Å²) in [7, 11) is 0. The Morgan fingerprint density at radius 1 is 1.24 bits per heavy atom. The Morgan fingerprint density at radius 3 is 2.80 bits per heavy atom. The Balaban J connectivity index is 1.61. The first-order chi connectivity index (χ1) is 12.3. The predicted molar refractivity (Wildman–Crippen MR) is 100 cm³/mol. The second kappa shape index (κ2) is 8.39. The molecule has 0 aliphatic rings. The molecule has 25 heavy (non-hydrogen) atoms. The molecule has 1 amide bonds. The van der Waals surface area contributed by atoms with Gasteiger partial charge in [0.15, 0.2) is 5.13 Å². The number of rotatable bonds is 7. The van der Waals surface area contributed by atoms with Crippen molar-refractivity contribution in [1.82, 2.24) is 9.97 Å². The smallest absolute Gasteiger partial charge is 0.257 e. The van der Waals surface area contributed by atoms with Crippen LogP contribution in [0, 0.1) is 0 Å². The Morgan fingerprint density at radius 2 is 2.08 bits per heavy atom. The Kier molecular flexibility index (Phi) is 5.74. The van der Waals surface area contributed by atoms with E-state index in [1.54, 1.807) is 24.5 Å². The Labute approximate surface area is 150 Å². The number of amides is 1. The zero-order valence-corrected chi connectivity index (χ0v) is 14.8. The molecule has 0 saturated heterocycles. The normalized spacial score (nSPS) is 10.4. The van der Waals surface area contributed by atoms with E-state index >= 15 is 0 Å². The summed E-state index contributed by atoms with van der Waals surface area (Å²) in [6.45, 7) is 2.81. The van der Waals surface area contributed by atoms with Gasteiger partial charge in [-0.1, -0.05) is 13.3 Å². The SMILES string of the molecule is CCCCOc1ccc(C(=O)Nc2nc(-c3cccnc3)cs2)cc1. The lowest BCUT2D eigenvalue weighted by Gasteiger charge is -2.06. The number of pyridine rings is 1. The maximum Gasteiger partial charge on any atom is 0.257 e. The number of carbonyl (C=O) groups excluding carboxylic acids is 1. The highest BCUT2D eigenvalue weighted by molar-refractivity contribution is 7.14. The van der Waals surface area contributed by atoms with Crippen LogP contribution < -0.4 is 10.1 Å². The molecule has 1 aromatic carbocycles. The highest BCUT2D eigenvalue weighted by Crippen LogP contribution is 2.24. The lowest BCUT2D eigenvalue weighted by Crippen LogP contribution is -2.11. The van der Waals surface area contributed by atoms with Crippen LogP contribution in [0.15, 0.2) is 54.2 Å². The van der Waals surface area contributed by atoms with Crippen LogP contribution in [0.2, 0.25) is 0 Å². The average Bonchev–Trinajstić information content (AvgIpc) is 3.12. The summed E-state index contributed by atoms with van der Waals surface area (Å²) in [4.78, 5) is 20.8. The van der Waals surface area contributed by atoms with Crippen molar-refractivity contribution in [3.05, 3.63) is 59.7 Å². The molecule has 3 rings (SSSR count). The number of hydrogen-bond acceptors (Lipinski definition) is 5. The van der Waals surface area contributed by atoms with Crippen molar-refractivity contribution >= 4 is 22.4 Å². The number of hydrogen-bond donors (Lipinski definition) is 1. The molecule has 3 aromatic rings. The minimum absolute atomic E-state index is 0.188. The maximum atomic E-state index is 12.3. The van der Waals surface area contributed by atoms with Gasteiger partial charge in [-0.25, -0.2) is 4.98 Å². The summed E-state index contributed by atoms with van der Waals surface area (Å²) in [5.74, 6) is 0.588. The van der Waals surface area contributed by atoms with Gasteiger partial charge in [0, 0.05) is 28.9 Å². The van der Waals surface area contributed by atoms with E-state index in [2.05, 4.69) is 22.2 Å². The molecular formula is C19H19N3O2S. The van der Waals surface area contributed by atoms with Gasteiger partial charge in [0.25, 0.3) is 5.91 Å². The van der Waals surface area contributed by atoms with Crippen molar-refractivity contribution in [1.29, 1.82) is 0 Å².